The minimum Gasteiger partial charge on any atom is -0.500 e. The third-order valence-corrected chi connectivity index (χ3v) is 6.11. The van der Waals surface area contributed by atoms with Crippen LogP contribution in [0.15, 0.2) is 47.8 Å². The average molecular weight is 428 g/mol. The first-order valence-electron chi connectivity index (χ1n) is 10.0. The Morgan fingerprint density at radius 2 is 2.13 bits per heavy atom. The van der Waals surface area contributed by atoms with Crippen LogP contribution in [0.4, 0.5) is 5.69 Å². The van der Waals surface area contributed by atoms with E-state index < -0.39 is 6.04 Å². The molecule has 156 valence electrons. The number of benzene rings is 1. The predicted molar refractivity (Wildman–Crippen MR) is 113 cm³/mol. The van der Waals surface area contributed by atoms with Crippen LogP contribution in [0.2, 0.25) is 5.02 Å². The van der Waals surface area contributed by atoms with Gasteiger partial charge in [0.2, 0.25) is 5.91 Å². The second-order valence-corrected chi connectivity index (χ2v) is 8.21. The van der Waals surface area contributed by atoms with E-state index in [9.17, 15) is 9.59 Å². The van der Waals surface area contributed by atoms with Gasteiger partial charge in [-0.25, -0.2) is 0 Å². The molecule has 7 nitrogen and oxygen atoms in total. The molecule has 3 heterocycles. The van der Waals surface area contributed by atoms with Crippen molar-refractivity contribution in [2.75, 3.05) is 44.8 Å². The lowest BCUT2D eigenvalue weighted by atomic mass is 9.79. The number of hydrogen-bond acceptors (Lipinski definition) is 5. The van der Waals surface area contributed by atoms with E-state index >= 15 is 0 Å². The number of nitrogens with zero attached hydrogens (tertiary/aromatic N) is 1. The van der Waals surface area contributed by atoms with Gasteiger partial charge in [0.1, 0.15) is 0 Å². The summed E-state index contributed by atoms with van der Waals surface area (Å²) in [6, 6.07) is 4.95. The molecule has 30 heavy (non-hydrogen) atoms. The van der Waals surface area contributed by atoms with E-state index in [0.29, 0.717) is 37.0 Å². The van der Waals surface area contributed by atoms with E-state index in [1.807, 2.05) is 12.2 Å². The second kappa shape index (κ2) is 7.91. The lowest BCUT2D eigenvalue weighted by molar-refractivity contribution is -0.123. The van der Waals surface area contributed by atoms with Crippen LogP contribution < -0.4 is 10.6 Å². The standard InChI is InChI=1S/C22H22ClN3O4/c23-14-2-4-17-15(9-14)21(22(28)25-17)20-16-12-30-11-13(16)1-3-18(20)24-19(27)10-26-5-7-29-8-6-26/h1-4,9,11,16,18H,5-8,10,12H2,(H,24,27)(H,25,28). The summed E-state index contributed by atoms with van der Waals surface area (Å²) in [6.07, 6.45) is 5.61. The smallest absolute Gasteiger partial charge is 0.256 e. The topological polar surface area (TPSA) is 79.9 Å². The molecule has 1 fully saturated rings. The van der Waals surface area contributed by atoms with Gasteiger partial charge in [-0.2, -0.15) is 0 Å². The highest BCUT2D eigenvalue weighted by atomic mass is 35.5. The van der Waals surface area contributed by atoms with Crippen molar-refractivity contribution >= 4 is 34.7 Å². The quantitative estimate of drug-likeness (QED) is 0.721. The summed E-state index contributed by atoms with van der Waals surface area (Å²) in [5.74, 6) is -0.355. The molecule has 2 N–H and O–H groups in total. The van der Waals surface area contributed by atoms with Crippen molar-refractivity contribution in [1.82, 2.24) is 10.2 Å². The van der Waals surface area contributed by atoms with E-state index in [-0.39, 0.29) is 17.7 Å². The van der Waals surface area contributed by atoms with E-state index in [1.165, 1.54) is 0 Å². The Balaban J connectivity index is 1.49. The summed E-state index contributed by atoms with van der Waals surface area (Å²) >= 11 is 6.22. The zero-order valence-electron chi connectivity index (χ0n) is 16.3. The number of morpholine rings is 1. The molecule has 0 aromatic heterocycles. The number of nitrogens with one attached hydrogen (secondary N) is 2. The number of ether oxygens (including phenoxy) is 2. The average Bonchev–Trinajstić information content (AvgIpc) is 3.32. The van der Waals surface area contributed by atoms with Crippen molar-refractivity contribution in [3.05, 3.63) is 58.3 Å². The summed E-state index contributed by atoms with van der Waals surface area (Å²) in [5, 5.41) is 6.58. The summed E-state index contributed by atoms with van der Waals surface area (Å²) in [4.78, 5) is 27.8. The Labute approximate surface area is 179 Å². The van der Waals surface area contributed by atoms with E-state index in [1.54, 1.807) is 24.5 Å². The number of anilines is 1. The van der Waals surface area contributed by atoms with Gasteiger partial charge < -0.3 is 20.1 Å². The number of fused-ring (bicyclic) bond motifs is 2. The Morgan fingerprint density at radius 1 is 1.30 bits per heavy atom. The SMILES string of the molecule is O=C(CN1CCOCC1)NC1C=CC2=COCC2C1=C1C(=O)Nc2ccc(Cl)cc21. The van der Waals surface area contributed by atoms with Crippen molar-refractivity contribution < 1.29 is 19.1 Å². The van der Waals surface area contributed by atoms with Gasteiger partial charge in [-0.15, -0.1) is 0 Å². The summed E-state index contributed by atoms with van der Waals surface area (Å²) in [5.41, 5.74) is 3.89. The molecular formula is C22H22ClN3O4. The highest BCUT2D eigenvalue weighted by molar-refractivity contribution is 6.35. The predicted octanol–water partition coefficient (Wildman–Crippen LogP) is 1.96. The highest BCUT2D eigenvalue weighted by Crippen LogP contribution is 2.43. The molecule has 1 aromatic rings. The number of hydrogen-bond donors (Lipinski definition) is 2. The zero-order chi connectivity index (χ0) is 20.7. The minimum absolute atomic E-state index is 0.0827. The first-order chi connectivity index (χ1) is 14.6. The largest absolute Gasteiger partial charge is 0.500 e. The Kier molecular flexibility index (Phi) is 5.10. The molecule has 3 aliphatic heterocycles. The van der Waals surface area contributed by atoms with Crippen LogP contribution in [0.1, 0.15) is 5.56 Å². The van der Waals surface area contributed by atoms with Crippen LogP contribution in [0.5, 0.6) is 0 Å². The van der Waals surface area contributed by atoms with E-state index in [0.717, 1.165) is 35.5 Å². The molecule has 0 spiro atoms. The molecule has 4 aliphatic rings. The third-order valence-electron chi connectivity index (χ3n) is 5.88. The summed E-state index contributed by atoms with van der Waals surface area (Å²) < 4.78 is 10.9. The van der Waals surface area contributed by atoms with Crippen molar-refractivity contribution in [2.45, 2.75) is 6.04 Å². The molecule has 5 rings (SSSR count). The number of amides is 2. The number of rotatable bonds is 3. The normalized spacial score (nSPS) is 27.8. The lowest BCUT2D eigenvalue weighted by Crippen LogP contribution is -2.47. The molecule has 1 saturated heterocycles. The molecule has 0 radical (unpaired) electrons. The van der Waals surface area contributed by atoms with Crippen molar-refractivity contribution in [2.24, 2.45) is 5.92 Å². The van der Waals surface area contributed by atoms with Gasteiger partial charge >= 0.3 is 0 Å². The second-order valence-electron chi connectivity index (χ2n) is 7.77. The van der Waals surface area contributed by atoms with Crippen LogP contribution in [0, 0.1) is 5.92 Å². The number of carbonyl (C=O) groups excluding carboxylic acids is 2. The van der Waals surface area contributed by atoms with Crippen molar-refractivity contribution in [3.8, 4) is 0 Å². The maximum atomic E-state index is 12.9. The fourth-order valence-corrected chi connectivity index (χ4v) is 4.61. The van der Waals surface area contributed by atoms with Crippen molar-refractivity contribution in [3.63, 3.8) is 0 Å². The van der Waals surface area contributed by atoms with Gasteiger partial charge in [0.25, 0.3) is 5.91 Å². The maximum absolute atomic E-state index is 12.9. The molecule has 1 aliphatic carbocycles. The summed E-state index contributed by atoms with van der Waals surface area (Å²) in [6.45, 7) is 3.49. The molecule has 1 aromatic carbocycles. The van der Waals surface area contributed by atoms with Gasteiger partial charge in [-0.05, 0) is 29.3 Å². The highest BCUT2D eigenvalue weighted by Gasteiger charge is 2.39. The number of allylic oxidation sites excluding steroid dienone is 1. The number of halogens is 1. The van der Waals surface area contributed by atoms with E-state index in [4.69, 9.17) is 21.1 Å². The first-order valence-corrected chi connectivity index (χ1v) is 10.4. The van der Waals surface area contributed by atoms with Crippen LogP contribution >= 0.6 is 11.6 Å². The third kappa shape index (κ3) is 3.53. The van der Waals surface area contributed by atoms with Gasteiger partial charge in [0, 0.05) is 35.3 Å². The minimum atomic E-state index is -0.395. The van der Waals surface area contributed by atoms with Crippen LogP contribution in [-0.2, 0) is 19.1 Å². The fourth-order valence-electron chi connectivity index (χ4n) is 4.43. The molecule has 8 heteroatoms. The fraction of sp³-hybridized carbons (Fsp3) is 0.364. The number of carbonyl (C=O) groups is 2. The Morgan fingerprint density at radius 3 is 2.97 bits per heavy atom. The lowest BCUT2D eigenvalue weighted by Gasteiger charge is -2.31. The Bertz CT molecular complexity index is 994. The molecule has 0 saturated carbocycles. The maximum Gasteiger partial charge on any atom is 0.256 e. The van der Waals surface area contributed by atoms with Gasteiger partial charge in [0.05, 0.1) is 44.2 Å². The van der Waals surface area contributed by atoms with Crippen LogP contribution in [0.3, 0.4) is 0 Å². The van der Waals surface area contributed by atoms with Crippen molar-refractivity contribution in [1.29, 1.82) is 0 Å². The molecule has 2 amide bonds. The first kappa shape index (κ1) is 19.4. The monoisotopic (exact) mass is 427 g/mol. The van der Waals surface area contributed by atoms with Gasteiger partial charge in [-0.1, -0.05) is 23.8 Å². The van der Waals surface area contributed by atoms with Crippen LogP contribution in [-0.4, -0.2) is 62.2 Å². The molecule has 2 unspecified atom stereocenters. The van der Waals surface area contributed by atoms with Gasteiger partial charge in [0.15, 0.2) is 0 Å². The van der Waals surface area contributed by atoms with Crippen LogP contribution in [0.25, 0.3) is 5.57 Å². The Hall–Kier alpha value is -2.61. The summed E-state index contributed by atoms with van der Waals surface area (Å²) in [7, 11) is 0. The zero-order valence-corrected chi connectivity index (χ0v) is 17.1. The molecular weight excluding hydrogens is 406 g/mol. The molecule has 2 atom stereocenters. The van der Waals surface area contributed by atoms with Gasteiger partial charge in [-0.3, -0.25) is 14.5 Å². The molecule has 0 bridgehead atoms. The van der Waals surface area contributed by atoms with E-state index in [2.05, 4.69) is 15.5 Å².